The molecule has 21 heavy (non-hydrogen) atoms. The van der Waals surface area contributed by atoms with Crippen LogP contribution in [0.3, 0.4) is 0 Å². The summed E-state index contributed by atoms with van der Waals surface area (Å²) in [5.41, 5.74) is 1.81. The van der Waals surface area contributed by atoms with Crippen LogP contribution >= 0.6 is 15.9 Å². The molecule has 0 unspecified atom stereocenters. The maximum Gasteiger partial charge on any atom is 0.336 e. The van der Waals surface area contributed by atoms with Gasteiger partial charge in [0.1, 0.15) is 5.82 Å². The summed E-state index contributed by atoms with van der Waals surface area (Å²) >= 11 is 3.42. The van der Waals surface area contributed by atoms with Gasteiger partial charge in [-0.2, -0.15) is 0 Å². The molecular formula is C16H11BrN2O2. The molecular weight excluding hydrogens is 332 g/mol. The van der Waals surface area contributed by atoms with Crippen molar-refractivity contribution in [2.75, 3.05) is 5.32 Å². The number of carboxylic acid groups (broad SMARTS) is 1. The molecule has 4 nitrogen and oxygen atoms in total. The first kappa shape index (κ1) is 13.6. The zero-order valence-electron chi connectivity index (χ0n) is 10.9. The molecule has 3 aromatic rings. The fourth-order valence-electron chi connectivity index (χ4n) is 2.13. The molecule has 0 spiro atoms. The van der Waals surface area contributed by atoms with Gasteiger partial charge in [-0.25, -0.2) is 9.78 Å². The number of hydrogen-bond acceptors (Lipinski definition) is 3. The maximum atomic E-state index is 11.2. The van der Waals surface area contributed by atoms with E-state index in [1.807, 2.05) is 24.3 Å². The Bertz CT molecular complexity index is 833. The highest BCUT2D eigenvalue weighted by atomic mass is 79.9. The van der Waals surface area contributed by atoms with E-state index in [9.17, 15) is 4.79 Å². The summed E-state index contributed by atoms with van der Waals surface area (Å²) in [7, 11) is 0. The molecule has 1 aromatic heterocycles. The van der Waals surface area contributed by atoms with Crippen LogP contribution in [0.4, 0.5) is 11.5 Å². The van der Waals surface area contributed by atoms with Crippen molar-refractivity contribution >= 4 is 44.3 Å². The van der Waals surface area contributed by atoms with Crippen molar-refractivity contribution in [1.82, 2.24) is 4.98 Å². The van der Waals surface area contributed by atoms with Crippen molar-refractivity contribution in [3.63, 3.8) is 0 Å². The third-order valence-electron chi connectivity index (χ3n) is 3.06. The average molecular weight is 343 g/mol. The number of benzene rings is 2. The summed E-state index contributed by atoms with van der Waals surface area (Å²) in [6, 6.07) is 16.4. The Morgan fingerprint density at radius 3 is 2.67 bits per heavy atom. The Labute approximate surface area is 129 Å². The molecule has 0 radical (unpaired) electrons. The summed E-state index contributed by atoms with van der Waals surface area (Å²) in [6.45, 7) is 0. The smallest absolute Gasteiger partial charge is 0.336 e. The van der Waals surface area contributed by atoms with E-state index in [1.165, 1.54) is 0 Å². The molecule has 5 heteroatoms. The van der Waals surface area contributed by atoms with Crippen molar-refractivity contribution in [2.45, 2.75) is 0 Å². The molecule has 2 aromatic carbocycles. The first-order chi connectivity index (χ1) is 10.1. The van der Waals surface area contributed by atoms with E-state index in [-0.39, 0.29) is 5.56 Å². The monoisotopic (exact) mass is 342 g/mol. The van der Waals surface area contributed by atoms with Crippen LogP contribution < -0.4 is 5.32 Å². The Morgan fingerprint density at radius 1 is 1.10 bits per heavy atom. The number of carboxylic acids is 1. The minimum absolute atomic E-state index is 0.258. The fraction of sp³-hybridized carbons (Fsp3) is 0. The molecule has 0 saturated heterocycles. The van der Waals surface area contributed by atoms with Crippen molar-refractivity contribution in [2.24, 2.45) is 0 Å². The van der Waals surface area contributed by atoms with Crippen molar-refractivity contribution < 1.29 is 9.90 Å². The van der Waals surface area contributed by atoms with Crippen LogP contribution in [0.15, 0.2) is 59.1 Å². The quantitative estimate of drug-likeness (QED) is 0.738. The van der Waals surface area contributed by atoms with Gasteiger partial charge in [-0.1, -0.05) is 28.1 Å². The van der Waals surface area contributed by atoms with Gasteiger partial charge in [-0.3, -0.25) is 0 Å². The summed E-state index contributed by atoms with van der Waals surface area (Å²) in [5.74, 6) is -0.279. The van der Waals surface area contributed by atoms with Gasteiger partial charge in [0, 0.05) is 15.5 Å². The number of carbonyl (C=O) groups is 1. The van der Waals surface area contributed by atoms with E-state index in [2.05, 4.69) is 26.2 Å². The van der Waals surface area contributed by atoms with Gasteiger partial charge in [0.05, 0.1) is 11.1 Å². The Morgan fingerprint density at radius 2 is 1.90 bits per heavy atom. The summed E-state index contributed by atoms with van der Waals surface area (Å²) < 4.78 is 0.974. The highest BCUT2D eigenvalue weighted by Gasteiger charge is 2.09. The second-order valence-electron chi connectivity index (χ2n) is 4.51. The van der Waals surface area contributed by atoms with Gasteiger partial charge in [-0.05, 0) is 42.5 Å². The molecule has 2 N–H and O–H groups in total. The van der Waals surface area contributed by atoms with Crippen LogP contribution in [0.2, 0.25) is 0 Å². The SMILES string of the molecule is O=C(O)c1cccc2nc(Nc3cccc(Br)c3)ccc12. The zero-order chi connectivity index (χ0) is 14.8. The van der Waals surface area contributed by atoms with Crippen LogP contribution in [-0.2, 0) is 0 Å². The van der Waals surface area contributed by atoms with E-state index < -0.39 is 5.97 Å². The minimum Gasteiger partial charge on any atom is -0.478 e. The molecule has 0 fully saturated rings. The lowest BCUT2D eigenvalue weighted by molar-refractivity contribution is 0.0699. The highest BCUT2D eigenvalue weighted by Crippen LogP contribution is 2.23. The topological polar surface area (TPSA) is 62.2 Å². The van der Waals surface area contributed by atoms with E-state index in [0.717, 1.165) is 10.2 Å². The van der Waals surface area contributed by atoms with E-state index in [0.29, 0.717) is 16.7 Å². The minimum atomic E-state index is -0.949. The third kappa shape index (κ3) is 2.87. The standard InChI is InChI=1S/C16H11BrN2O2/c17-10-3-1-4-11(9-10)18-15-8-7-12-13(16(20)21)5-2-6-14(12)19-15/h1-9H,(H,18,19)(H,20,21). The zero-order valence-corrected chi connectivity index (χ0v) is 12.5. The molecule has 0 saturated carbocycles. The lowest BCUT2D eigenvalue weighted by Crippen LogP contribution is -1.99. The van der Waals surface area contributed by atoms with Crippen LogP contribution in [0.25, 0.3) is 10.9 Å². The molecule has 3 rings (SSSR count). The van der Waals surface area contributed by atoms with Gasteiger partial charge in [0.25, 0.3) is 0 Å². The number of aromatic carboxylic acids is 1. The number of fused-ring (bicyclic) bond motifs is 1. The number of rotatable bonds is 3. The molecule has 0 aliphatic carbocycles. The normalized spacial score (nSPS) is 10.5. The van der Waals surface area contributed by atoms with Gasteiger partial charge in [0.15, 0.2) is 0 Å². The van der Waals surface area contributed by atoms with E-state index in [1.54, 1.807) is 30.3 Å². The van der Waals surface area contributed by atoms with Crippen LogP contribution in [-0.4, -0.2) is 16.1 Å². The number of nitrogens with one attached hydrogen (secondary N) is 1. The van der Waals surface area contributed by atoms with Crippen molar-refractivity contribution in [3.05, 3.63) is 64.6 Å². The van der Waals surface area contributed by atoms with Crippen LogP contribution in [0.1, 0.15) is 10.4 Å². The molecule has 0 aliphatic rings. The molecule has 0 bridgehead atoms. The first-order valence-corrected chi connectivity index (χ1v) is 7.08. The number of aromatic nitrogens is 1. The number of halogens is 1. The second kappa shape index (κ2) is 5.54. The van der Waals surface area contributed by atoms with Gasteiger partial charge in [-0.15, -0.1) is 0 Å². The Kier molecular flexibility index (Phi) is 3.58. The second-order valence-corrected chi connectivity index (χ2v) is 5.42. The predicted molar refractivity (Wildman–Crippen MR) is 86.1 cm³/mol. The predicted octanol–water partition coefficient (Wildman–Crippen LogP) is 4.44. The number of nitrogens with zero attached hydrogens (tertiary/aromatic N) is 1. The van der Waals surface area contributed by atoms with E-state index in [4.69, 9.17) is 5.11 Å². The summed E-state index contributed by atoms with van der Waals surface area (Å²) in [6.07, 6.45) is 0. The van der Waals surface area contributed by atoms with Crippen molar-refractivity contribution in [1.29, 1.82) is 0 Å². The summed E-state index contributed by atoms with van der Waals surface area (Å²) in [5, 5.41) is 13.0. The van der Waals surface area contributed by atoms with Gasteiger partial charge >= 0.3 is 5.97 Å². The van der Waals surface area contributed by atoms with Crippen LogP contribution in [0.5, 0.6) is 0 Å². The highest BCUT2D eigenvalue weighted by molar-refractivity contribution is 9.10. The molecule has 1 heterocycles. The first-order valence-electron chi connectivity index (χ1n) is 6.29. The van der Waals surface area contributed by atoms with Gasteiger partial charge in [0.2, 0.25) is 0 Å². The number of hydrogen-bond donors (Lipinski definition) is 2. The number of pyridine rings is 1. The molecule has 104 valence electrons. The Hall–Kier alpha value is -2.40. The lowest BCUT2D eigenvalue weighted by Gasteiger charge is -2.08. The average Bonchev–Trinajstić information content (AvgIpc) is 2.46. The third-order valence-corrected chi connectivity index (χ3v) is 3.55. The molecule has 0 aliphatic heterocycles. The fourth-order valence-corrected chi connectivity index (χ4v) is 2.52. The van der Waals surface area contributed by atoms with Gasteiger partial charge < -0.3 is 10.4 Å². The Balaban J connectivity index is 2.00. The molecule has 0 atom stereocenters. The largest absolute Gasteiger partial charge is 0.478 e. The summed E-state index contributed by atoms with van der Waals surface area (Å²) in [4.78, 5) is 15.6. The maximum absolute atomic E-state index is 11.2. The lowest BCUT2D eigenvalue weighted by atomic mass is 10.1. The van der Waals surface area contributed by atoms with Crippen LogP contribution in [0, 0.1) is 0 Å². The molecule has 0 amide bonds. The van der Waals surface area contributed by atoms with Crippen molar-refractivity contribution in [3.8, 4) is 0 Å². The van der Waals surface area contributed by atoms with E-state index >= 15 is 0 Å². The number of anilines is 2.